The first kappa shape index (κ1) is 7.85. The van der Waals surface area contributed by atoms with Gasteiger partial charge in [-0.1, -0.05) is 19.8 Å². The van der Waals surface area contributed by atoms with Crippen molar-refractivity contribution in [1.29, 1.82) is 0 Å². The van der Waals surface area contributed by atoms with E-state index in [2.05, 4.69) is 6.92 Å². The molecule has 0 atom stereocenters. The molecule has 0 aromatic carbocycles. The van der Waals surface area contributed by atoms with Crippen LogP contribution in [-0.2, 0) is 0 Å². The van der Waals surface area contributed by atoms with Crippen LogP contribution in [0.3, 0.4) is 0 Å². The molecule has 4 heteroatoms. The van der Waals surface area contributed by atoms with Crippen molar-refractivity contribution in [3.05, 3.63) is 0 Å². The van der Waals surface area contributed by atoms with Gasteiger partial charge in [0.1, 0.15) is 0 Å². The molecule has 0 N–H and O–H groups in total. The van der Waals surface area contributed by atoms with Gasteiger partial charge in [-0.2, -0.15) is 0 Å². The second-order valence-electron chi connectivity index (χ2n) is 1.93. The highest BCUT2D eigenvalue weighted by Crippen LogP contribution is 2.26. The standard InChI is InChI=1S/C4H8.BF3/c1-4-2-3-4;2-1(3)4/h4H,2-3H2,1H3;. The number of halogens is 3. The van der Waals surface area contributed by atoms with Gasteiger partial charge in [-0.05, 0) is 5.92 Å². The topological polar surface area (TPSA) is 0 Å². The van der Waals surface area contributed by atoms with E-state index in [1.165, 1.54) is 12.8 Å². The average Bonchev–Trinajstić information content (AvgIpc) is 2.19. The Morgan fingerprint density at radius 3 is 1.38 bits per heavy atom. The average molecular weight is 124 g/mol. The number of hydrogen-bond acceptors (Lipinski definition) is 0. The summed E-state index contributed by atoms with van der Waals surface area (Å²) in [7, 11) is -3.67. The second-order valence-corrected chi connectivity index (χ2v) is 1.93. The smallest absolute Gasteiger partial charge is 0.254 e. The van der Waals surface area contributed by atoms with Gasteiger partial charge in [0.25, 0.3) is 0 Å². The minimum atomic E-state index is -3.67. The van der Waals surface area contributed by atoms with Crippen LogP contribution in [0, 0.1) is 5.92 Å². The highest BCUT2D eigenvalue weighted by Gasteiger charge is 2.12. The first-order valence-electron chi connectivity index (χ1n) is 2.55. The molecule has 0 saturated heterocycles. The van der Waals surface area contributed by atoms with Gasteiger partial charge in [-0.25, -0.2) is 0 Å². The van der Waals surface area contributed by atoms with Crippen LogP contribution < -0.4 is 0 Å². The Bertz CT molecular complexity index is 50.5. The lowest BCUT2D eigenvalue weighted by molar-refractivity contribution is 0.535. The van der Waals surface area contributed by atoms with E-state index in [1.54, 1.807) is 0 Å². The van der Waals surface area contributed by atoms with Gasteiger partial charge in [-0.15, -0.1) is 0 Å². The van der Waals surface area contributed by atoms with Crippen LogP contribution in [0.5, 0.6) is 0 Å². The second kappa shape index (κ2) is 3.81. The van der Waals surface area contributed by atoms with Crippen LogP contribution in [0.4, 0.5) is 12.9 Å². The Hall–Kier alpha value is -0.145. The van der Waals surface area contributed by atoms with E-state index in [0.717, 1.165) is 5.92 Å². The molecule has 0 nitrogen and oxygen atoms in total. The maximum atomic E-state index is 9.67. The summed E-state index contributed by atoms with van der Waals surface area (Å²) in [6.45, 7) is 2.28. The molecule has 1 aliphatic carbocycles. The van der Waals surface area contributed by atoms with Gasteiger partial charge in [0.05, 0.1) is 0 Å². The van der Waals surface area contributed by atoms with E-state index in [9.17, 15) is 12.9 Å². The monoisotopic (exact) mass is 124 g/mol. The Morgan fingerprint density at radius 1 is 1.25 bits per heavy atom. The van der Waals surface area contributed by atoms with Crippen molar-refractivity contribution < 1.29 is 12.9 Å². The van der Waals surface area contributed by atoms with Gasteiger partial charge in [0, 0.05) is 0 Å². The minimum absolute atomic E-state index is 1.08. The molecule has 8 heavy (non-hydrogen) atoms. The summed E-state index contributed by atoms with van der Waals surface area (Å²) in [5.74, 6) is 1.08. The SMILES string of the molecule is CC1CC1.FB(F)F. The fourth-order valence-corrected chi connectivity index (χ4v) is 0.167. The first-order valence-corrected chi connectivity index (χ1v) is 2.55. The largest absolute Gasteiger partial charge is 0.762 e. The van der Waals surface area contributed by atoms with Crippen LogP contribution in [0.25, 0.3) is 0 Å². The summed E-state index contributed by atoms with van der Waals surface area (Å²) in [4.78, 5) is 0. The molecule has 0 bridgehead atoms. The summed E-state index contributed by atoms with van der Waals surface area (Å²) in [6.07, 6.45) is 2.97. The van der Waals surface area contributed by atoms with E-state index >= 15 is 0 Å². The lowest BCUT2D eigenvalue weighted by Gasteiger charge is -1.55. The van der Waals surface area contributed by atoms with Crippen molar-refractivity contribution in [3.63, 3.8) is 0 Å². The quantitative estimate of drug-likeness (QED) is 0.434. The predicted molar refractivity (Wildman–Crippen MR) is 27.5 cm³/mol. The Morgan fingerprint density at radius 2 is 1.38 bits per heavy atom. The van der Waals surface area contributed by atoms with E-state index in [0.29, 0.717) is 0 Å². The van der Waals surface area contributed by atoms with E-state index in [4.69, 9.17) is 0 Å². The number of hydrogen-bond donors (Lipinski definition) is 0. The van der Waals surface area contributed by atoms with E-state index in [1.807, 2.05) is 0 Å². The van der Waals surface area contributed by atoms with Crippen molar-refractivity contribution in [2.45, 2.75) is 19.8 Å². The van der Waals surface area contributed by atoms with Crippen LogP contribution in [-0.4, -0.2) is 7.54 Å². The van der Waals surface area contributed by atoms with Crippen molar-refractivity contribution >= 4 is 7.54 Å². The Labute approximate surface area is 47.3 Å². The molecular formula is C4H8BF3. The van der Waals surface area contributed by atoms with Crippen molar-refractivity contribution in [1.82, 2.24) is 0 Å². The molecule has 0 radical (unpaired) electrons. The third kappa shape index (κ3) is 16.9. The minimum Gasteiger partial charge on any atom is -0.254 e. The Kier molecular flexibility index (Phi) is 3.74. The molecule has 0 spiro atoms. The van der Waals surface area contributed by atoms with Gasteiger partial charge in [-0.3, -0.25) is 12.9 Å². The zero-order valence-corrected chi connectivity index (χ0v) is 4.70. The third-order valence-corrected chi connectivity index (χ3v) is 0.866. The molecule has 0 amide bonds. The van der Waals surface area contributed by atoms with Crippen LogP contribution >= 0.6 is 0 Å². The van der Waals surface area contributed by atoms with Gasteiger partial charge in [0.2, 0.25) is 0 Å². The Balaban J connectivity index is 0.000000122. The number of rotatable bonds is 0. The van der Waals surface area contributed by atoms with Crippen molar-refractivity contribution in [2.75, 3.05) is 0 Å². The molecule has 1 rings (SSSR count). The molecule has 0 unspecified atom stereocenters. The van der Waals surface area contributed by atoms with Crippen LogP contribution in [0.2, 0.25) is 0 Å². The lowest BCUT2D eigenvalue weighted by atomic mass is 10.5. The van der Waals surface area contributed by atoms with Crippen LogP contribution in [0.1, 0.15) is 19.8 Å². The fraction of sp³-hybridized carbons (Fsp3) is 1.00. The lowest BCUT2D eigenvalue weighted by Crippen LogP contribution is -1.76. The van der Waals surface area contributed by atoms with Crippen molar-refractivity contribution in [2.24, 2.45) is 5.92 Å². The molecule has 0 aromatic rings. The van der Waals surface area contributed by atoms with Crippen LogP contribution in [0.15, 0.2) is 0 Å². The maximum absolute atomic E-state index is 9.67. The van der Waals surface area contributed by atoms with E-state index in [-0.39, 0.29) is 0 Å². The summed E-state index contributed by atoms with van der Waals surface area (Å²) >= 11 is 0. The first-order chi connectivity index (χ1) is 3.63. The molecule has 1 saturated carbocycles. The zero-order valence-electron chi connectivity index (χ0n) is 4.70. The highest BCUT2D eigenvalue weighted by atomic mass is 19.4. The fourth-order valence-electron chi connectivity index (χ4n) is 0.167. The highest BCUT2D eigenvalue weighted by molar-refractivity contribution is 6.33. The van der Waals surface area contributed by atoms with E-state index < -0.39 is 7.54 Å². The third-order valence-electron chi connectivity index (χ3n) is 0.866. The normalized spacial score (nSPS) is 16.5. The molecule has 48 valence electrons. The summed E-state index contributed by atoms with van der Waals surface area (Å²) in [5.41, 5.74) is 0. The predicted octanol–water partition coefficient (Wildman–Crippen LogP) is 2.30. The summed E-state index contributed by atoms with van der Waals surface area (Å²) in [6, 6.07) is 0. The van der Waals surface area contributed by atoms with Gasteiger partial charge in [0.15, 0.2) is 0 Å². The molecule has 1 fully saturated rings. The summed E-state index contributed by atoms with van der Waals surface area (Å²) < 4.78 is 29.0. The maximum Gasteiger partial charge on any atom is 0.762 e. The summed E-state index contributed by atoms with van der Waals surface area (Å²) in [5, 5.41) is 0. The molecule has 0 aliphatic heterocycles. The molecule has 0 heterocycles. The van der Waals surface area contributed by atoms with Gasteiger partial charge < -0.3 is 0 Å². The molecule has 0 aromatic heterocycles. The molecular weight excluding hydrogens is 116 g/mol. The van der Waals surface area contributed by atoms with Gasteiger partial charge >= 0.3 is 7.54 Å². The zero-order chi connectivity index (χ0) is 6.57. The van der Waals surface area contributed by atoms with Crippen molar-refractivity contribution in [3.8, 4) is 0 Å². The molecule has 1 aliphatic rings.